The summed E-state index contributed by atoms with van der Waals surface area (Å²) in [4.78, 5) is 3.41. The van der Waals surface area contributed by atoms with Crippen LogP contribution in [-0.2, 0) is 0 Å². The number of hydrogen-bond acceptors (Lipinski definition) is 5. The maximum atomic E-state index is 13.5. The molecule has 3 rings (SSSR count). The summed E-state index contributed by atoms with van der Waals surface area (Å²) in [5.41, 5.74) is 6.14. The van der Waals surface area contributed by atoms with Gasteiger partial charge in [-0.05, 0) is 17.5 Å². The van der Waals surface area contributed by atoms with Gasteiger partial charge in [-0.3, -0.25) is 4.90 Å². The van der Waals surface area contributed by atoms with Crippen LogP contribution in [0.1, 0.15) is 16.5 Å². The van der Waals surface area contributed by atoms with E-state index in [0.717, 1.165) is 31.1 Å². The Morgan fingerprint density at radius 3 is 2.52 bits per heavy atom. The molecule has 0 bridgehead atoms. The van der Waals surface area contributed by atoms with Gasteiger partial charge in [0.25, 0.3) is 0 Å². The predicted molar refractivity (Wildman–Crippen MR) is 97.6 cm³/mol. The van der Waals surface area contributed by atoms with Crippen molar-refractivity contribution in [2.75, 3.05) is 31.9 Å². The van der Waals surface area contributed by atoms with Crippen LogP contribution in [-0.4, -0.2) is 36.2 Å². The highest BCUT2D eigenvalue weighted by molar-refractivity contribution is 7.10. The molecule has 1 aromatic heterocycles. The molecule has 0 spiro atoms. The van der Waals surface area contributed by atoms with Gasteiger partial charge in [0.05, 0.1) is 6.04 Å². The zero-order chi connectivity index (χ0) is 14.8. The Balaban J connectivity index is 0.00000132. The summed E-state index contributed by atoms with van der Waals surface area (Å²) in [5, 5.41) is 15.6. The third-order valence-corrected chi connectivity index (χ3v) is 4.74. The molecule has 4 nitrogen and oxygen atoms in total. The molecule has 8 heteroatoms. The number of aromatic hydroxyl groups is 1. The minimum atomic E-state index is -0.582. The van der Waals surface area contributed by atoms with Crippen LogP contribution in [0.25, 0.3) is 0 Å². The summed E-state index contributed by atoms with van der Waals surface area (Å²) in [6.07, 6.45) is 0. The number of nitrogen functional groups attached to an aromatic ring is 1. The van der Waals surface area contributed by atoms with Crippen molar-refractivity contribution >= 4 is 41.8 Å². The van der Waals surface area contributed by atoms with Crippen molar-refractivity contribution in [3.05, 3.63) is 45.9 Å². The zero-order valence-electron chi connectivity index (χ0n) is 12.4. The van der Waals surface area contributed by atoms with Gasteiger partial charge in [0.1, 0.15) is 17.3 Å². The Hall–Kier alpha value is -1.05. The molecular formula is C15H20Cl2FN3OS. The fraction of sp³-hybridized carbons (Fsp3) is 0.333. The maximum absolute atomic E-state index is 13.5. The molecule has 2 heterocycles. The van der Waals surface area contributed by atoms with Crippen molar-refractivity contribution in [2.24, 2.45) is 0 Å². The van der Waals surface area contributed by atoms with Crippen LogP contribution in [0.15, 0.2) is 29.6 Å². The van der Waals surface area contributed by atoms with Gasteiger partial charge in [-0.25, -0.2) is 4.39 Å². The number of phenols is 1. The van der Waals surface area contributed by atoms with E-state index in [1.54, 1.807) is 17.4 Å². The number of halogens is 3. The first kappa shape index (κ1) is 20.0. The van der Waals surface area contributed by atoms with Crippen LogP contribution in [0.3, 0.4) is 0 Å². The summed E-state index contributed by atoms with van der Waals surface area (Å²) in [6.45, 7) is 3.55. The second-order valence-electron chi connectivity index (χ2n) is 5.10. The fourth-order valence-electron chi connectivity index (χ4n) is 2.74. The van der Waals surface area contributed by atoms with Gasteiger partial charge in [-0.1, -0.05) is 12.1 Å². The van der Waals surface area contributed by atoms with Crippen LogP contribution >= 0.6 is 36.2 Å². The molecule has 1 aliphatic heterocycles. The lowest BCUT2D eigenvalue weighted by atomic mass is 10.0. The van der Waals surface area contributed by atoms with Crippen molar-refractivity contribution in [3.63, 3.8) is 0 Å². The van der Waals surface area contributed by atoms with E-state index in [1.165, 1.54) is 6.07 Å². The number of phenolic OH excluding ortho intramolecular Hbond substituents is 1. The Labute approximate surface area is 151 Å². The molecule has 0 saturated carbocycles. The minimum absolute atomic E-state index is 0. The van der Waals surface area contributed by atoms with Gasteiger partial charge >= 0.3 is 0 Å². The first-order valence-corrected chi connectivity index (χ1v) is 7.81. The van der Waals surface area contributed by atoms with Gasteiger partial charge < -0.3 is 16.2 Å². The molecule has 1 saturated heterocycles. The van der Waals surface area contributed by atoms with E-state index in [0.29, 0.717) is 5.56 Å². The van der Waals surface area contributed by atoms with Crippen LogP contribution in [0.5, 0.6) is 5.75 Å². The van der Waals surface area contributed by atoms with Gasteiger partial charge in [0.2, 0.25) is 0 Å². The van der Waals surface area contributed by atoms with Crippen molar-refractivity contribution in [2.45, 2.75) is 6.04 Å². The van der Waals surface area contributed by atoms with Gasteiger partial charge in [0, 0.05) is 36.6 Å². The molecule has 128 valence electrons. The summed E-state index contributed by atoms with van der Waals surface area (Å²) in [6, 6.07) is 6.89. The number of rotatable bonds is 3. The van der Waals surface area contributed by atoms with Crippen LogP contribution < -0.4 is 11.1 Å². The standard InChI is InChI=1S/C15H18FN3OS.2ClH/c16-11-4-3-10(15(20)13(11)17)14(12-2-1-9-21-12)19-7-5-18-6-8-19;;/h1-4,9,14,18,20H,5-8,17H2;2*1H/t14-;;/m0../s1. The molecule has 0 radical (unpaired) electrons. The van der Waals surface area contributed by atoms with E-state index < -0.39 is 5.82 Å². The molecule has 1 fully saturated rings. The summed E-state index contributed by atoms with van der Waals surface area (Å²) < 4.78 is 13.5. The van der Waals surface area contributed by atoms with E-state index in [4.69, 9.17) is 5.73 Å². The SMILES string of the molecule is Cl.Cl.Nc1c(F)ccc([C@@H](c2cccs2)N2CCNCC2)c1O. The molecule has 0 unspecified atom stereocenters. The first-order valence-electron chi connectivity index (χ1n) is 6.93. The molecule has 1 aromatic carbocycles. The predicted octanol–water partition coefficient (Wildman–Crippen LogP) is 3.01. The van der Waals surface area contributed by atoms with Gasteiger partial charge in [-0.2, -0.15) is 0 Å². The normalized spacial score (nSPS) is 16.2. The average Bonchev–Trinajstić information content (AvgIpc) is 3.03. The largest absolute Gasteiger partial charge is 0.505 e. The Bertz CT molecular complexity index is 621. The van der Waals surface area contributed by atoms with E-state index in [2.05, 4.69) is 10.2 Å². The topological polar surface area (TPSA) is 61.5 Å². The van der Waals surface area contributed by atoms with Crippen molar-refractivity contribution < 1.29 is 9.50 Å². The highest BCUT2D eigenvalue weighted by atomic mass is 35.5. The zero-order valence-corrected chi connectivity index (χ0v) is 14.8. The monoisotopic (exact) mass is 379 g/mol. The third-order valence-electron chi connectivity index (χ3n) is 3.82. The first-order chi connectivity index (χ1) is 10.2. The van der Waals surface area contributed by atoms with Gasteiger partial charge in [0.15, 0.2) is 0 Å². The Morgan fingerprint density at radius 2 is 1.91 bits per heavy atom. The lowest BCUT2D eigenvalue weighted by Crippen LogP contribution is -2.45. The Morgan fingerprint density at radius 1 is 1.22 bits per heavy atom. The van der Waals surface area contributed by atoms with Crippen molar-refractivity contribution in [3.8, 4) is 5.75 Å². The highest BCUT2D eigenvalue weighted by Crippen LogP contribution is 2.39. The number of nitrogens with two attached hydrogens (primary N) is 1. The summed E-state index contributed by atoms with van der Waals surface area (Å²) in [7, 11) is 0. The van der Waals surface area contributed by atoms with E-state index in [9.17, 15) is 9.50 Å². The van der Waals surface area contributed by atoms with E-state index in [1.807, 2.05) is 17.5 Å². The second-order valence-corrected chi connectivity index (χ2v) is 6.08. The van der Waals surface area contributed by atoms with Crippen molar-refractivity contribution in [1.82, 2.24) is 10.2 Å². The summed E-state index contributed by atoms with van der Waals surface area (Å²) >= 11 is 1.63. The number of anilines is 1. The molecule has 4 N–H and O–H groups in total. The smallest absolute Gasteiger partial charge is 0.149 e. The third kappa shape index (κ3) is 4.08. The van der Waals surface area contributed by atoms with Crippen LogP contribution in [0, 0.1) is 5.82 Å². The molecule has 1 aliphatic rings. The quantitative estimate of drug-likeness (QED) is 0.566. The minimum Gasteiger partial charge on any atom is -0.505 e. The van der Waals surface area contributed by atoms with Gasteiger partial charge in [-0.15, -0.1) is 36.2 Å². The maximum Gasteiger partial charge on any atom is 0.149 e. The van der Waals surface area contributed by atoms with Crippen LogP contribution in [0.4, 0.5) is 10.1 Å². The molecular weight excluding hydrogens is 360 g/mol. The number of thiophene rings is 1. The number of benzene rings is 1. The number of piperazine rings is 1. The highest BCUT2D eigenvalue weighted by Gasteiger charge is 2.28. The molecule has 0 aliphatic carbocycles. The fourth-order valence-corrected chi connectivity index (χ4v) is 3.61. The van der Waals surface area contributed by atoms with E-state index in [-0.39, 0.29) is 42.3 Å². The lowest BCUT2D eigenvalue weighted by molar-refractivity contribution is 0.198. The summed E-state index contributed by atoms with van der Waals surface area (Å²) in [5.74, 6) is -0.728. The molecule has 0 amide bonds. The molecule has 2 aromatic rings. The van der Waals surface area contributed by atoms with E-state index >= 15 is 0 Å². The van der Waals surface area contributed by atoms with Crippen molar-refractivity contribution in [1.29, 1.82) is 0 Å². The van der Waals surface area contributed by atoms with Crippen LogP contribution in [0.2, 0.25) is 0 Å². The number of nitrogens with zero attached hydrogens (tertiary/aromatic N) is 1. The Kier molecular flexibility index (Phi) is 7.57. The number of hydrogen-bond donors (Lipinski definition) is 3. The molecule has 23 heavy (non-hydrogen) atoms. The molecule has 1 atom stereocenters. The number of nitrogens with one attached hydrogen (secondary N) is 1. The second kappa shape index (κ2) is 8.70. The average molecular weight is 380 g/mol. The lowest BCUT2D eigenvalue weighted by Gasteiger charge is -2.35.